The average Bonchev–Trinajstić information content (AvgIpc) is 2.72. The third kappa shape index (κ3) is 11.2. The molecule has 0 bridgehead atoms. The maximum absolute atomic E-state index is 8.95. The minimum Gasteiger partial charge on any atom is -0.412 e. The van der Waals surface area contributed by atoms with Crippen LogP contribution in [0.3, 0.4) is 0 Å². The largest absolute Gasteiger partial charge is 0.412 e. The van der Waals surface area contributed by atoms with Gasteiger partial charge < -0.3 is 28.5 Å². The Labute approximate surface area is 214 Å². The topological polar surface area (TPSA) is 77.4 Å². The second kappa shape index (κ2) is 15.6. The summed E-state index contributed by atoms with van der Waals surface area (Å²) in [5, 5.41) is 17.5. The number of hydrogen-bond donors (Lipinski definition) is 2. The average molecular weight is 539 g/mol. The Morgan fingerprint density at radius 3 is 1.62 bits per heavy atom. The molecule has 0 amide bonds. The maximum atomic E-state index is 8.95. The first-order chi connectivity index (χ1) is 15.7. The molecule has 2 N–H and O–H groups in total. The summed E-state index contributed by atoms with van der Waals surface area (Å²) in [6.45, 7) is 25.8. The van der Waals surface area contributed by atoms with Crippen molar-refractivity contribution in [2.75, 3.05) is 39.6 Å². The molecule has 0 aliphatic heterocycles. The van der Waals surface area contributed by atoms with Gasteiger partial charge in [-0.2, -0.15) is 0 Å². The van der Waals surface area contributed by atoms with Crippen molar-refractivity contribution in [2.45, 2.75) is 122 Å². The summed E-state index contributed by atoms with van der Waals surface area (Å²) in [4.78, 5) is 0. The molecule has 0 spiro atoms. The fraction of sp³-hybridized carbons (Fsp3) is 1.00. The van der Waals surface area contributed by atoms with Crippen molar-refractivity contribution in [3.05, 3.63) is 0 Å². The monoisotopic (exact) mass is 538 g/mol. The van der Waals surface area contributed by atoms with E-state index < -0.39 is 24.7 Å². The molecule has 206 valence electrons. The second-order valence-electron chi connectivity index (χ2n) is 11.8. The summed E-state index contributed by atoms with van der Waals surface area (Å²) in [6.07, 6.45) is 5.08. The standard InChI is InChI=1S/C25H58O6Si3/c1-11-15-25(4,30-33(7,8)23-14-19-29-21-17-27)34(9,10)31-24(3,12-2)32(5,6)22-13-18-28-20-16-26/h26-27H,11-23H2,1-10H3. The predicted molar refractivity (Wildman–Crippen MR) is 151 cm³/mol. The van der Waals surface area contributed by atoms with E-state index >= 15 is 0 Å². The van der Waals surface area contributed by atoms with Crippen LogP contribution in [0.2, 0.25) is 51.4 Å². The molecule has 0 aromatic rings. The molecule has 0 aromatic heterocycles. The lowest BCUT2D eigenvalue weighted by Gasteiger charge is -2.53. The summed E-state index contributed by atoms with van der Waals surface area (Å²) in [5.74, 6) is 0. The van der Waals surface area contributed by atoms with E-state index in [1.807, 2.05) is 0 Å². The van der Waals surface area contributed by atoms with E-state index in [0.29, 0.717) is 26.4 Å². The molecule has 0 saturated carbocycles. The van der Waals surface area contributed by atoms with Crippen LogP contribution in [0.1, 0.15) is 59.8 Å². The summed E-state index contributed by atoms with van der Waals surface area (Å²) in [5.41, 5.74) is 0. The summed E-state index contributed by atoms with van der Waals surface area (Å²) in [7, 11) is -5.91. The Hall–Kier alpha value is 0.411. The van der Waals surface area contributed by atoms with Gasteiger partial charge in [0.25, 0.3) is 0 Å². The fourth-order valence-corrected chi connectivity index (χ4v) is 15.7. The van der Waals surface area contributed by atoms with E-state index in [1.165, 1.54) is 0 Å². The highest BCUT2D eigenvalue weighted by atomic mass is 28.4. The Balaban J connectivity index is 5.48. The van der Waals surface area contributed by atoms with Crippen molar-refractivity contribution in [3.8, 4) is 0 Å². The number of rotatable bonds is 21. The molecule has 34 heavy (non-hydrogen) atoms. The van der Waals surface area contributed by atoms with E-state index in [0.717, 1.165) is 44.2 Å². The Morgan fingerprint density at radius 2 is 1.18 bits per heavy atom. The Morgan fingerprint density at radius 1 is 0.676 bits per heavy atom. The van der Waals surface area contributed by atoms with Crippen LogP contribution in [0.5, 0.6) is 0 Å². The lowest BCUT2D eigenvalue weighted by molar-refractivity contribution is 0.0690. The van der Waals surface area contributed by atoms with Gasteiger partial charge in [0, 0.05) is 18.4 Å². The summed E-state index contributed by atoms with van der Waals surface area (Å²) < 4.78 is 25.4. The van der Waals surface area contributed by atoms with Crippen LogP contribution < -0.4 is 0 Å². The molecule has 0 aliphatic carbocycles. The fourth-order valence-electron chi connectivity index (χ4n) is 4.79. The first-order valence-corrected chi connectivity index (χ1v) is 22.7. The van der Waals surface area contributed by atoms with Gasteiger partial charge in [-0.05, 0) is 71.8 Å². The molecule has 0 aromatic carbocycles. The molecule has 2 unspecified atom stereocenters. The number of hydrogen-bond acceptors (Lipinski definition) is 6. The van der Waals surface area contributed by atoms with Gasteiger partial charge in [-0.15, -0.1) is 0 Å². The highest BCUT2D eigenvalue weighted by molar-refractivity contribution is 6.82. The molecule has 6 nitrogen and oxygen atoms in total. The van der Waals surface area contributed by atoms with Gasteiger partial charge in [0.1, 0.15) is 0 Å². The van der Waals surface area contributed by atoms with Crippen molar-refractivity contribution in [1.29, 1.82) is 0 Å². The minimum absolute atomic E-state index is 0.0779. The highest BCUT2D eigenvalue weighted by Crippen LogP contribution is 2.41. The van der Waals surface area contributed by atoms with E-state index in [2.05, 4.69) is 67.0 Å². The van der Waals surface area contributed by atoms with Crippen molar-refractivity contribution >= 4 is 24.7 Å². The van der Waals surface area contributed by atoms with Gasteiger partial charge in [0.15, 0.2) is 8.32 Å². The van der Waals surface area contributed by atoms with E-state index in [1.54, 1.807) is 0 Å². The zero-order chi connectivity index (χ0) is 26.5. The van der Waals surface area contributed by atoms with Gasteiger partial charge >= 0.3 is 0 Å². The maximum Gasteiger partial charge on any atom is 0.216 e. The molecular weight excluding hydrogens is 481 g/mol. The Bertz CT molecular complexity index is 547. The first kappa shape index (κ1) is 34.4. The molecule has 0 rings (SSSR count). The van der Waals surface area contributed by atoms with Crippen LogP contribution in [-0.2, 0) is 18.3 Å². The van der Waals surface area contributed by atoms with Crippen LogP contribution in [0, 0.1) is 0 Å². The lowest BCUT2D eigenvalue weighted by Crippen LogP contribution is -2.67. The smallest absolute Gasteiger partial charge is 0.216 e. The van der Waals surface area contributed by atoms with Crippen LogP contribution in [-0.4, -0.2) is 85.0 Å². The van der Waals surface area contributed by atoms with Gasteiger partial charge in [-0.25, -0.2) is 0 Å². The minimum atomic E-state index is -2.26. The molecule has 0 saturated heterocycles. The van der Waals surface area contributed by atoms with Gasteiger partial charge in [0.05, 0.1) is 39.7 Å². The van der Waals surface area contributed by atoms with Crippen molar-refractivity contribution in [1.82, 2.24) is 0 Å². The van der Waals surface area contributed by atoms with Crippen molar-refractivity contribution in [2.24, 2.45) is 0 Å². The van der Waals surface area contributed by atoms with Crippen molar-refractivity contribution < 1.29 is 28.5 Å². The number of aliphatic hydroxyl groups excluding tert-OH is 2. The SMILES string of the molecule is CCCC(C)(O[Si](C)(C)CCCOCCO)[Si](C)(C)OC(C)(CC)[Si](C)(C)CCCOCCO. The molecule has 0 fully saturated rings. The van der Waals surface area contributed by atoms with E-state index in [9.17, 15) is 0 Å². The van der Waals surface area contributed by atoms with Gasteiger partial charge in [0.2, 0.25) is 8.32 Å². The summed E-state index contributed by atoms with van der Waals surface area (Å²) >= 11 is 0. The quantitative estimate of drug-likeness (QED) is 0.143. The normalized spacial score (nSPS) is 16.9. The summed E-state index contributed by atoms with van der Waals surface area (Å²) in [6, 6.07) is 2.19. The third-order valence-corrected chi connectivity index (χ3v) is 19.5. The molecule has 2 atom stereocenters. The zero-order valence-electron chi connectivity index (χ0n) is 24.2. The number of ether oxygens (including phenoxy) is 2. The van der Waals surface area contributed by atoms with Gasteiger partial charge in [-0.3, -0.25) is 0 Å². The second-order valence-corrected chi connectivity index (χ2v) is 25.6. The van der Waals surface area contributed by atoms with E-state index in [-0.39, 0.29) is 23.7 Å². The zero-order valence-corrected chi connectivity index (χ0v) is 27.2. The van der Waals surface area contributed by atoms with Crippen molar-refractivity contribution in [3.63, 3.8) is 0 Å². The Kier molecular flexibility index (Phi) is 15.8. The first-order valence-electron chi connectivity index (χ1n) is 13.4. The van der Waals surface area contributed by atoms with Crippen LogP contribution in [0.25, 0.3) is 0 Å². The predicted octanol–water partition coefficient (Wildman–Crippen LogP) is 5.74. The van der Waals surface area contributed by atoms with E-state index in [4.69, 9.17) is 28.5 Å². The third-order valence-electron chi connectivity index (χ3n) is 7.72. The lowest BCUT2D eigenvalue weighted by atomic mass is 10.2. The highest BCUT2D eigenvalue weighted by Gasteiger charge is 2.54. The van der Waals surface area contributed by atoms with Crippen LogP contribution in [0.4, 0.5) is 0 Å². The molecule has 0 heterocycles. The van der Waals surface area contributed by atoms with Gasteiger partial charge in [-0.1, -0.05) is 39.4 Å². The molecule has 0 radical (unpaired) electrons. The molecule has 0 aliphatic rings. The van der Waals surface area contributed by atoms with Crippen LogP contribution >= 0.6 is 0 Å². The molecular formula is C25H58O6Si3. The number of aliphatic hydroxyl groups is 2. The van der Waals surface area contributed by atoms with Crippen LogP contribution in [0.15, 0.2) is 0 Å². The molecule has 9 heteroatoms.